The maximum Gasteiger partial charge on any atom is 0.191 e. The van der Waals surface area contributed by atoms with Gasteiger partial charge in [0.25, 0.3) is 0 Å². The summed E-state index contributed by atoms with van der Waals surface area (Å²) in [6, 6.07) is 10.8. The molecule has 0 unspecified atom stereocenters. The first-order valence-corrected chi connectivity index (χ1v) is 11.0. The van der Waals surface area contributed by atoms with Crippen molar-refractivity contribution in [2.45, 2.75) is 33.1 Å². The fourth-order valence-electron chi connectivity index (χ4n) is 3.38. The molecule has 166 valence electrons. The number of unbranched alkanes of at least 4 members (excludes halogenated alkanes) is 1. The number of nitrogens with zero attached hydrogens (tertiary/aromatic N) is 3. The lowest BCUT2D eigenvalue weighted by molar-refractivity contribution is 0.146. The summed E-state index contributed by atoms with van der Waals surface area (Å²) < 4.78 is 5.36. The van der Waals surface area contributed by atoms with Gasteiger partial charge in [-0.25, -0.2) is 0 Å². The number of ether oxygens (including phenoxy) is 1. The summed E-state index contributed by atoms with van der Waals surface area (Å²) in [5.41, 5.74) is 1.35. The number of halogens is 1. The Morgan fingerprint density at radius 3 is 2.45 bits per heavy atom. The number of hydrogen-bond acceptors (Lipinski definition) is 4. The zero-order chi connectivity index (χ0) is 19.9. The van der Waals surface area contributed by atoms with Crippen molar-refractivity contribution < 1.29 is 4.74 Å². The first-order valence-electron chi connectivity index (χ1n) is 11.0. The van der Waals surface area contributed by atoms with Crippen LogP contribution in [0.15, 0.2) is 35.3 Å². The second-order valence-corrected chi connectivity index (χ2v) is 7.11. The van der Waals surface area contributed by atoms with E-state index < -0.39 is 0 Å². The van der Waals surface area contributed by atoms with E-state index in [1.165, 1.54) is 25.1 Å². The normalized spacial score (nSPS) is 15.1. The van der Waals surface area contributed by atoms with E-state index in [9.17, 15) is 0 Å². The molecule has 1 saturated heterocycles. The van der Waals surface area contributed by atoms with Gasteiger partial charge in [0.2, 0.25) is 0 Å². The zero-order valence-corrected chi connectivity index (χ0v) is 20.6. The van der Waals surface area contributed by atoms with Crippen LogP contribution < -0.4 is 15.5 Å². The maximum atomic E-state index is 5.36. The van der Waals surface area contributed by atoms with Gasteiger partial charge in [-0.3, -0.25) is 9.89 Å². The van der Waals surface area contributed by atoms with Crippen molar-refractivity contribution in [3.05, 3.63) is 30.3 Å². The SMILES string of the molecule is CCNC(=NCCCOCC)NCCCCN1CCN(c2ccccc2)CC1.I. The second kappa shape index (κ2) is 16.7. The molecule has 2 rings (SSSR count). The fraction of sp³-hybridized carbons (Fsp3) is 0.682. The van der Waals surface area contributed by atoms with Crippen molar-refractivity contribution in [3.8, 4) is 0 Å². The molecule has 0 aliphatic carbocycles. The highest BCUT2D eigenvalue weighted by molar-refractivity contribution is 14.0. The van der Waals surface area contributed by atoms with E-state index in [1.807, 2.05) is 6.92 Å². The number of nitrogens with one attached hydrogen (secondary N) is 2. The standard InChI is InChI=1S/C22H39N5O.HI/c1-3-23-22(25-14-10-20-28-4-2)24-13-8-9-15-26-16-18-27(19-17-26)21-11-6-5-7-12-21;/h5-7,11-12H,3-4,8-10,13-20H2,1-2H3,(H2,23,24,25);1H. The van der Waals surface area contributed by atoms with E-state index in [-0.39, 0.29) is 24.0 Å². The van der Waals surface area contributed by atoms with Crippen molar-refractivity contribution in [1.82, 2.24) is 15.5 Å². The molecule has 0 aromatic heterocycles. The van der Waals surface area contributed by atoms with Gasteiger partial charge in [-0.2, -0.15) is 0 Å². The summed E-state index contributed by atoms with van der Waals surface area (Å²) in [6.07, 6.45) is 3.36. The Kier molecular flexibility index (Phi) is 15.0. The quantitative estimate of drug-likeness (QED) is 0.193. The van der Waals surface area contributed by atoms with Gasteiger partial charge in [0.15, 0.2) is 5.96 Å². The molecule has 0 saturated carbocycles. The lowest BCUT2D eigenvalue weighted by atomic mass is 10.2. The van der Waals surface area contributed by atoms with Crippen molar-refractivity contribution in [2.75, 3.05) is 70.5 Å². The molecule has 29 heavy (non-hydrogen) atoms. The minimum atomic E-state index is 0. The van der Waals surface area contributed by atoms with Crippen LogP contribution in [-0.2, 0) is 4.74 Å². The average molecular weight is 518 g/mol. The van der Waals surface area contributed by atoms with E-state index in [1.54, 1.807) is 0 Å². The van der Waals surface area contributed by atoms with Crippen LogP contribution in [0, 0.1) is 0 Å². The summed E-state index contributed by atoms with van der Waals surface area (Å²) in [4.78, 5) is 9.69. The number of guanidine groups is 1. The molecule has 0 bridgehead atoms. The molecule has 0 amide bonds. The number of aliphatic imine (C=N–C) groups is 1. The number of anilines is 1. The number of para-hydroxylation sites is 1. The molecule has 1 aliphatic heterocycles. The fourth-order valence-corrected chi connectivity index (χ4v) is 3.38. The van der Waals surface area contributed by atoms with Crippen molar-refractivity contribution in [1.29, 1.82) is 0 Å². The van der Waals surface area contributed by atoms with E-state index in [4.69, 9.17) is 4.74 Å². The highest BCUT2D eigenvalue weighted by Crippen LogP contribution is 2.15. The number of hydrogen-bond donors (Lipinski definition) is 2. The van der Waals surface area contributed by atoms with Crippen LogP contribution in [0.1, 0.15) is 33.1 Å². The Morgan fingerprint density at radius 1 is 1.00 bits per heavy atom. The predicted molar refractivity (Wildman–Crippen MR) is 135 cm³/mol. The van der Waals surface area contributed by atoms with Crippen LogP contribution in [0.2, 0.25) is 0 Å². The lowest BCUT2D eigenvalue weighted by Gasteiger charge is -2.36. The van der Waals surface area contributed by atoms with Crippen molar-refractivity contribution in [2.24, 2.45) is 4.99 Å². The highest BCUT2D eigenvalue weighted by atomic mass is 127. The van der Waals surface area contributed by atoms with Crippen LogP contribution in [-0.4, -0.2) is 76.4 Å². The molecular formula is C22H40IN5O. The van der Waals surface area contributed by atoms with Crippen LogP contribution in [0.25, 0.3) is 0 Å². The predicted octanol–water partition coefficient (Wildman–Crippen LogP) is 3.19. The summed E-state index contributed by atoms with van der Waals surface area (Å²) >= 11 is 0. The monoisotopic (exact) mass is 517 g/mol. The third-order valence-corrected chi connectivity index (χ3v) is 4.95. The Bertz CT molecular complexity index is 535. The molecule has 2 N–H and O–H groups in total. The number of benzene rings is 1. The molecule has 1 heterocycles. The second-order valence-electron chi connectivity index (χ2n) is 7.11. The molecular weight excluding hydrogens is 477 g/mol. The first kappa shape index (κ1) is 26.0. The van der Waals surface area contributed by atoms with E-state index in [2.05, 4.69) is 62.7 Å². The van der Waals surface area contributed by atoms with Crippen molar-refractivity contribution in [3.63, 3.8) is 0 Å². The third kappa shape index (κ3) is 11.1. The number of rotatable bonds is 12. The van der Waals surface area contributed by atoms with Gasteiger partial charge < -0.3 is 20.3 Å². The van der Waals surface area contributed by atoms with Gasteiger partial charge >= 0.3 is 0 Å². The minimum Gasteiger partial charge on any atom is -0.382 e. The van der Waals surface area contributed by atoms with Crippen LogP contribution in [0.4, 0.5) is 5.69 Å². The van der Waals surface area contributed by atoms with Crippen LogP contribution in [0.3, 0.4) is 0 Å². The molecule has 0 radical (unpaired) electrons. The Morgan fingerprint density at radius 2 is 1.76 bits per heavy atom. The van der Waals surface area contributed by atoms with Gasteiger partial charge in [-0.1, -0.05) is 18.2 Å². The van der Waals surface area contributed by atoms with E-state index in [0.717, 1.165) is 71.4 Å². The van der Waals surface area contributed by atoms with Gasteiger partial charge in [0.05, 0.1) is 0 Å². The molecule has 1 aromatic carbocycles. The first-order chi connectivity index (χ1) is 13.8. The zero-order valence-electron chi connectivity index (χ0n) is 18.2. The molecule has 6 nitrogen and oxygen atoms in total. The van der Waals surface area contributed by atoms with E-state index in [0.29, 0.717) is 0 Å². The third-order valence-electron chi connectivity index (χ3n) is 4.95. The lowest BCUT2D eigenvalue weighted by Crippen LogP contribution is -2.46. The van der Waals surface area contributed by atoms with Crippen molar-refractivity contribution >= 4 is 35.6 Å². The van der Waals surface area contributed by atoms with Gasteiger partial charge in [-0.05, 0) is 51.8 Å². The van der Waals surface area contributed by atoms with Crippen LogP contribution >= 0.6 is 24.0 Å². The Hall–Kier alpha value is -1.06. The van der Waals surface area contributed by atoms with Gasteiger partial charge in [0.1, 0.15) is 0 Å². The summed E-state index contributed by atoms with van der Waals surface area (Å²) in [5.74, 6) is 0.926. The Balaban J connectivity index is 0.00000420. The molecule has 1 aliphatic rings. The van der Waals surface area contributed by atoms with Crippen LogP contribution in [0.5, 0.6) is 0 Å². The maximum absolute atomic E-state index is 5.36. The Labute approximate surface area is 194 Å². The van der Waals surface area contributed by atoms with Gasteiger partial charge in [0, 0.05) is 64.7 Å². The summed E-state index contributed by atoms with van der Waals surface area (Å²) in [7, 11) is 0. The van der Waals surface area contributed by atoms with Gasteiger partial charge in [-0.15, -0.1) is 24.0 Å². The largest absolute Gasteiger partial charge is 0.382 e. The number of piperazine rings is 1. The van der Waals surface area contributed by atoms with E-state index >= 15 is 0 Å². The molecule has 0 atom stereocenters. The molecule has 1 fully saturated rings. The molecule has 0 spiro atoms. The smallest absolute Gasteiger partial charge is 0.191 e. The highest BCUT2D eigenvalue weighted by Gasteiger charge is 2.16. The summed E-state index contributed by atoms with van der Waals surface area (Å²) in [5, 5.41) is 6.77. The summed E-state index contributed by atoms with van der Waals surface area (Å²) in [6.45, 7) is 14.1. The minimum absolute atomic E-state index is 0. The molecule has 7 heteroatoms. The average Bonchev–Trinajstić information content (AvgIpc) is 2.74. The topological polar surface area (TPSA) is 52.1 Å². The molecule has 1 aromatic rings.